The molecule has 144 valence electrons. The van der Waals surface area contributed by atoms with Crippen LogP contribution in [0.4, 0.5) is 14.5 Å². The molecule has 0 saturated carbocycles. The molecule has 2 amide bonds. The largest absolute Gasteiger partial charge is 0.339 e. The molecule has 9 heteroatoms. The third-order valence-electron chi connectivity index (χ3n) is 4.45. The summed E-state index contributed by atoms with van der Waals surface area (Å²) in [5, 5.41) is 0. The minimum Gasteiger partial charge on any atom is -0.339 e. The van der Waals surface area contributed by atoms with E-state index in [-0.39, 0.29) is 42.1 Å². The monoisotopic (exact) mass is 388 g/mol. The van der Waals surface area contributed by atoms with E-state index in [1.165, 1.54) is 22.8 Å². The summed E-state index contributed by atoms with van der Waals surface area (Å²) >= 11 is 0. The van der Waals surface area contributed by atoms with Crippen molar-refractivity contribution in [1.29, 1.82) is 0 Å². The summed E-state index contributed by atoms with van der Waals surface area (Å²) in [4.78, 5) is 27.1. The van der Waals surface area contributed by atoms with Crippen LogP contribution in [0.2, 0.25) is 0 Å². The fourth-order valence-corrected chi connectivity index (χ4v) is 4.86. The minimum absolute atomic E-state index is 0.00475. The van der Waals surface area contributed by atoms with Crippen molar-refractivity contribution < 1.29 is 26.8 Å². The number of nitrogens with zero attached hydrogens (tertiary/aromatic N) is 2. The fraction of sp³-hybridized carbons (Fsp3) is 0.529. The van der Waals surface area contributed by atoms with Crippen LogP contribution < -0.4 is 4.90 Å². The van der Waals surface area contributed by atoms with Gasteiger partial charge in [0, 0.05) is 44.2 Å². The molecule has 1 aliphatic heterocycles. The van der Waals surface area contributed by atoms with Gasteiger partial charge in [-0.25, -0.2) is 17.2 Å². The van der Waals surface area contributed by atoms with Crippen LogP contribution in [0, 0.1) is 11.6 Å². The van der Waals surface area contributed by atoms with Gasteiger partial charge >= 0.3 is 0 Å². The fourth-order valence-electron chi connectivity index (χ4n) is 3.13. The molecule has 0 aromatic heterocycles. The second-order valence-corrected chi connectivity index (χ2v) is 8.48. The molecular weight excluding hydrogens is 366 g/mol. The standard InChI is InChI=1S/C17H22F2N2O4S/c1-3-20(14-7-9-26(24,25)11-14)17(23)6-8-21(12(2)22)13-4-5-15(18)16(19)10-13/h4-5,10,14H,3,6-9,11H2,1-2H3. The molecule has 26 heavy (non-hydrogen) atoms. The van der Waals surface area contributed by atoms with Crippen molar-refractivity contribution in [2.24, 2.45) is 0 Å². The Balaban J connectivity index is 2.06. The van der Waals surface area contributed by atoms with Crippen LogP contribution in [-0.4, -0.2) is 55.8 Å². The Morgan fingerprint density at radius 3 is 2.42 bits per heavy atom. The summed E-state index contributed by atoms with van der Waals surface area (Å²) in [6, 6.07) is 2.74. The summed E-state index contributed by atoms with van der Waals surface area (Å²) in [5.74, 6) is -2.76. The number of anilines is 1. The van der Waals surface area contributed by atoms with E-state index in [9.17, 15) is 26.8 Å². The Morgan fingerprint density at radius 1 is 1.23 bits per heavy atom. The van der Waals surface area contributed by atoms with Crippen LogP contribution in [0.3, 0.4) is 0 Å². The summed E-state index contributed by atoms with van der Waals surface area (Å²) in [6.45, 7) is 3.40. The predicted molar refractivity (Wildman–Crippen MR) is 93.4 cm³/mol. The Labute approximate surface area is 151 Å². The zero-order valence-corrected chi connectivity index (χ0v) is 15.6. The van der Waals surface area contributed by atoms with E-state index < -0.39 is 27.4 Å². The lowest BCUT2D eigenvalue weighted by molar-refractivity contribution is -0.132. The number of carbonyl (C=O) groups is 2. The average molecular weight is 388 g/mol. The number of carbonyl (C=O) groups excluding carboxylic acids is 2. The van der Waals surface area contributed by atoms with Gasteiger partial charge in [0.1, 0.15) is 0 Å². The van der Waals surface area contributed by atoms with Gasteiger partial charge < -0.3 is 9.80 Å². The molecule has 1 unspecified atom stereocenters. The van der Waals surface area contributed by atoms with Gasteiger partial charge in [0.15, 0.2) is 21.5 Å². The first-order valence-corrected chi connectivity index (χ1v) is 10.2. The van der Waals surface area contributed by atoms with Crippen LogP contribution in [0.1, 0.15) is 26.7 Å². The van der Waals surface area contributed by atoms with Crippen LogP contribution >= 0.6 is 0 Å². The van der Waals surface area contributed by atoms with Crippen molar-refractivity contribution >= 4 is 27.3 Å². The van der Waals surface area contributed by atoms with Crippen LogP contribution in [0.15, 0.2) is 18.2 Å². The second-order valence-electron chi connectivity index (χ2n) is 6.26. The van der Waals surface area contributed by atoms with Crippen molar-refractivity contribution in [2.45, 2.75) is 32.7 Å². The molecule has 0 bridgehead atoms. The highest BCUT2D eigenvalue weighted by Crippen LogP contribution is 2.21. The number of benzene rings is 1. The van der Waals surface area contributed by atoms with Crippen molar-refractivity contribution in [2.75, 3.05) is 29.5 Å². The third-order valence-corrected chi connectivity index (χ3v) is 6.20. The zero-order valence-electron chi connectivity index (χ0n) is 14.7. The van der Waals surface area contributed by atoms with E-state index in [1.54, 1.807) is 6.92 Å². The molecule has 2 rings (SSSR count). The van der Waals surface area contributed by atoms with Gasteiger partial charge in [-0.05, 0) is 25.5 Å². The summed E-state index contributed by atoms with van der Waals surface area (Å²) in [5.41, 5.74) is 0.163. The normalized spacial score (nSPS) is 18.5. The van der Waals surface area contributed by atoms with E-state index in [0.29, 0.717) is 13.0 Å². The molecule has 0 aliphatic carbocycles. The average Bonchev–Trinajstić information content (AvgIpc) is 2.91. The SMILES string of the molecule is CCN(C(=O)CCN(C(C)=O)c1ccc(F)c(F)c1)C1CCS(=O)(=O)C1. The van der Waals surface area contributed by atoms with Gasteiger partial charge in [0.25, 0.3) is 0 Å². The lowest BCUT2D eigenvalue weighted by Crippen LogP contribution is -2.42. The van der Waals surface area contributed by atoms with E-state index in [4.69, 9.17) is 0 Å². The lowest BCUT2D eigenvalue weighted by Gasteiger charge is -2.28. The molecule has 1 saturated heterocycles. The summed E-state index contributed by atoms with van der Waals surface area (Å²) < 4.78 is 49.7. The highest BCUT2D eigenvalue weighted by atomic mass is 32.2. The molecule has 1 aromatic rings. The van der Waals surface area contributed by atoms with Crippen molar-refractivity contribution in [3.63, 3.8) is 0 Å². The number of rotatable bonds is 6. The third kappa shape index (κ3) is 4.78. The zero-order chi connectivity index (χ0) is 19.5. The molecule has 0 N–H and O–H groups in total. The maximum atomic E-state index is 13.4. The maximum Gasteiger partial charge on any atom is 0.224 e. The van der Waals surface area contributed by atoms with Gasteiger partial charge in [-0.3, -0.25) is 9.59 Å². The first-order valence-electron chi connectivity index (χ1n) is 8.37. The van der Waals surface area contributed by atoms with Crippen LogP contribution in [-0.2, 0) is 19.4 Å². The Bertz CT molecular complexity index is 798. The topological polar surface area (TPSA) is 74.8 Å². The van der Waals surface area contributed by atoms with E-state index in [1.807, 2.05) is 0 Å². The first kappa shape index (κ1) is 20.3. The number of amides is 2. The lowest BCUT2D eigenvalue weighted by atomic mass is 10.2. The number of hydrogen-bond acceptors (Lipinski definition) is 4. The molecule has 1 aliphatic rings. The minimum atomic E-state index is -3.12. The smallest absolute Gasteiger partial charge is 0.224 e. The van der Waals surface area contributed by atoms with Gasteiger partial charge in [-0.1, -0.05) is 0 Å². The van der Waals surface area contributed by atoms with Crippen molar-refractivity contribution in [3.8, 4) is 0 Å². The van der Waals surface area contributed by atoms with Gasteiger partial charge in [-0.2, -0.15) is 0 Å². The number of halogens is 2. The molecule has 1 atom stereocenters. The number of hydrogen-bond donors (Lipinski definition) is 0. The van der Waals surface area contributed by atoms with Crippen molar-refractivity contribution in [1.82, 2.24) is 4.90 Å². The Kier molecular flexibility index (Phi) is 6.33. The van der Waals surface area contributed by atoms with Gasteiger partial charge in [-0.15, -0.1) is 0 Å². The summed E-state index contributed by atoms with van der Waals surface area (Å²) in [6.07, 6.45) is 0.366. The van der Waals surface area contributed by atoms with E-state index in [0.717, 1.165) is 12.1 Å². The molecule has 0 radical (unpaired) electrons. The summed E-state index contributed by atoms with van der Waals surface area (Å²) in [7, 11) is -3.12. The van der Waals surface area contributed by atoms with Crippen LogP contribution in [0.25, 0.3) is 0 Å². The molecule has 0 spiro atoms. The highest BCUT2D eigenvalue weighted by Gasteiger charge is 2.33. The Morgan fingerprint density at radius 2 is 1.92 bits per heavy atom. The quantitative estimate of drug-likeness (QED) is 0.744. The predicted octanol–water partition coefficient (Wildman–Crippen LogP) is 1.74. The van der Waals surface area contributed by atoms with Gasteiger partial charge in [0.2, 0.25) is 11.8 Å². The molecule has 6 nitrogen and oxygen atoms in total. The highest BCUT2D eigenvalue weighted by molar-refractivity contribution is 7.91. The Hall–Kier alpha value is -2.03. The maximum absolute atomic E-state index is 13.4. The van der Waals surface area contributed by atoms with Crippen LogP contribution in [0.5, 0.6) is 0 Å². The molecule has 1 aromatic carbocycles. The molecule has 1 fully saturated rings. The first-order chi connectivity index (χ1) is 12.1. The molecule has 1 heterocycles. The second kappa shape index (κ2) is 8.11. The number of sulfone groups is 1. The van der Waals surface area contributed by atoms with E-state index in [2.05, 4.69) is 0 Å². The van der Waals surface area contributed by atoms with E-state index >= 15 is 0 Å². The molecular formula is C17H22F2N2O4S. The van der Waals surface area contributed by atoms with Crippen molar-refractivity contribution in [3.05, 3.63) is 29.8 Å². The van der Waals surface area contributed by atoms with Gasteiger partial charge in [0.05, 0.1) is 11.5 Å².